The van der Waals surface area contributed by atoms with Gasteiger partial charge in [-0.25, -0.2) is 0 Å². The summed E-state index contributed by atoms with van der Waals surface area (Å²) in [6.07, 6.45) is 4.98. The highest BCUT2D eigenvalue weighted by Crippen LogP contribution is 2.21. The van der Waals surface area contributed by atoms with Crippen LogP contribution in [0.5, 0.6) is 0 Å². The van der Waals surface area contributed by atoms with Crippen molar-refractivity contribution in [1.29, 1.82) is 0 Å². The van der Waals surface area contributed by atoms with Gasteiger partial charge in [0.2, 0.25) is 0 Å². The Labute approximate surface area is 78.5 Å². The molecule has 0 aliphatic carbocycles. The summed E-state index contributed by atoms with van der Waals surface area (Å²) in [6.45, 7) is 2.09. The lowest BCUT2D eigenvalue weighted by atomic mass is 9.97. The maximum Gasteiger partial charge on any atom is 0.316 e. The van der Waals surface area contributed by atoms with Crippen molar-refractivity contribution in [2.24, 2.45) is 5.92 Å². The van der Waals surface area contributed by atoms with Crippen LogP contribution in [0.25, 0.3) is 0 Å². The Bertz CT molecular complexity index is 198. The highest BCUT2D eigenvalue weighted by Gasteiger charge is 2.25. The Morgan fingerprint density at radius 1 is 1.46 bits per heavy atom. The van der Waals surface area contributed by atoms with Gasteiger partial charge in [-0.2, -0.15) is 0 Å². The zero-order valence-corrected chi connectivity index (χ0v) is 8.04. The summed E-state index contributed by atoms with van der Waals surface area (Å²) in [5.74, 6) is -0.702. The number of carbonyl (C=O) groups is 2. The van der Waals surface area contributed by atoms with E-state index in [1.54, 1.807) is 0 Å². The van der Waals surface area contributed by atoms with Gasteiger partial charge in [0.1, 0.15) is 0 Å². The summed E-state index contributed by atoms with van der Waals surface area (Å²) in [7, 11) is 0. The number of esters is 2. The van der Waals surface area contributed by atoms with Gasteiger partial charge in [0.25, 0.3) is 0 Å². The first-order valence-electron chi connectivity index (χ1n) is 4.98. The van der Waals surface area contributed by atoms with Gasteiger partial charge in [0.15, 0.2) is 0 Å². The number of unbranched alkanes of at least 4 members (excludes halogenated alkanes) is 1. The molecule has 0 N–H and O–H groups in total. The van der Waals surface area contributed by atoms with Crippen molar-refractivity contribution >= 4 is 11.9 Å². The van der Waals surface area contributed by atoms with Crippen molar-refractivity contribution < 1.29 is 14.3 Å². The first kappa shape index (κ1) is 10.2. The summed E-state index contributed by atoms with van der Waals surface area (Å²) in [5.41, 5.74) is 0. The van der Waals surface area contributed by atoms with Crippen molar-refractivity contribution in [2.45, 2.75) is 45.4 Å². The average molecular weight is 184 g/mol. The van der Waals surface area contributed by atoms with Crippen molar-refractivity contribution in [3.63, 3.8) is 0 Å². The van der Waals surface area contributed by atoms with Crippen LogP contribution in [0.3, 0.4) is 0 Å². The molecule has 1 aliphatic rings. The Morgan fingerprint density at radius 3 is 2.92 bits per heavy atom. The smallest absolute Gasteiger partial charge is 0.316 e. The second-order valence-corrected chi connectivity index (χ2v) is 3.52. The minimum absolute atomic E-state index is 0.0357. The first-order valence-corrected chi connectivity index (χ1v) is 4.98. The summed E-state index contributed by atoms with van der Waals surface area (Å²) in [4.78, 5) is 22.2. The van der Waals surface area contributed by atoms with E-state index in [2.05, 4.69) is 11.7 Å². The van der Waals surface area contributed by atoms with Crippen LogP contribution in [-0.4, -0.2) is 11.9 Å². The molecule has 3 heteroatoms. The first-order chi connectivity index (χ1) is 6.24. The predicted octanol–water partition coefficient (Wildman–Crippen LogP) is 2.05. The Morgan fingerprint density at radius 2 is 2.23 bits per heavy atom. The number of carbonyl (C=O) groups excluding carboxylic acids is 2. The van der Waals surface area contributed by atoms with Crippen molar-refractivity contribution in [2.75, 3.05) is 0 Å². The molecule has 0 aromatic rings. The molecule has 0 saturated carbocycles. The van der Waals surface area contributed by atoms with Crippen LogP contribution >= 0.6 is 0 Å². The fourth-order valence-corrected chi connectivity index (χ4v) is 1.57. The van der Waals surface area contributed by atoms with Crippen LogP contribution in [0.1, 0.15) is 45.4 Å². The van der Waals surface area contributed by atoms with Crippen molar-refractivity contribution in [3.05, 3.63) is 0 Å². The molecule has 0 amide bonds. The highest BCUT2D eigenvalue weighted by molar-refractivity contribution is 5.87. The Balaban J connectivity index is 2.43. The lowest BCUT2D eigenvalue weighted by Gasteiger charge is -2.09. The Kier molecular flexibility index (Phi) is 3.93. The molecule has 1 heterocycles. The number of hydrogen-bond acceptors (Lipinski definition) is 3. The minimum atomic E-state index is -0.357. The fourth-order valence-electron chi connectivity index (χ4n) is 1.57. The van der Waals surface area contributed by atoms with Crippen LogP contribution < -0.4 is 0 Å². The molecule has 0 aromatic carbocycles. The van der Waals surface area contributed by atoms with E-state index < -0.39 is 0 Å². The topological polar surface area (TPSA) is 43.4 Å². The molecule has 1 atom stereocenters. The molecule has 0 spiro atoms. The zero-order chi connectivity index (χ0) is 9.68. The molecule has 13 heavy (non-hydrogen) atoms. The van der Waals surface area contributed by atoms with Crippen molar-refractivity contribution in [3.8, 4) is 0 Å². The molecule has 1 fully saturated rings. The number of hydrogen-bond donors (Lipinski definition) is 0. The molecule has 0 radical (unpaired) electrons. The molecule has 74 valence electrons. The molecular formula is C10H16O3. The van der Waals surface area contributed by atoms with E-state index in [9.17, 15) is 9.59 Å². The van der Waals surface area contributed by atoms with Gasteiger partial charge in [0.05, 0.1) is 5.92 Å². The van der Waals surface area contributed by atoms with Crippen molar-refractivity contribution in [1.82, 2.24) is 0 Å². The monoisotopic (exact) mass is 184 g/mol. The molecule has 1 rings (SSSR count). The molecule has 1 aliphatic heterocycles. The maximum atomic E-state index is 11.3. The lowest BCUT2D eigenvalue weighted by Crippen LogP contribution is -2.17. The number of ether oxygens (including phenoxy) is 1. The van der Waals surface area contributed by atoms with Gasteiger partial charge >= 0.3 is 11.9 Å². The number of rotatable bonds is 3. The summed E-state index contributed by atoms with van der Waals surface area (Å²) < 4.78 is 4.64. The largest absolute Gasteiger partial charge is 0.393 e. The van der Waals surface area contributed by atoms with Crippen LogP contribution in [-0.2, 0) is 14.3 Å². The van der Waals surface area contributed by atoms with Crippen LogP contribution in [0.15, 0.2) is 0 Å². The lowest BCUT2D eigenvalue weighted by molar-refractivity contribution is -0.161. The molecule has 0 bridgehead atoms. The predicted molar refractivity (Wildman–Crippen MR) is 48.0 cm³/mol. The molecule has 1 saturated heterocycles. The van der Waals surface area contributed by atoms with Crippen LogP contribution in [0, 0.1) is 5.92 Å². The van der Waals surface area contributed by atoms with Gasteiger partial charge in [-0.15, -0.1) is 0 Å². The minimum Gasteiger partial charge on any atom is -0.393 e. The zero-order valence-electron chi connectivity index (χ0n) is 8.04. The highest BCUT2D eigenvalue weighted by atomic mass is 16.6. The van der Waals surface area contributed by atoms with E-state index in [4.69, 9.17) is 0 Å². The average Bonchev–Trinajstić information content (AvgIpc) is 2.24. The van der Waals surface area contributed by atoms with Gasteiger partial charge < -0.3 is 4.74 Å². The third-order valence-corrected chi connectivity index (χ3v) is 2.39. The van der Waals surface area contributed by atoms with Gasteiger partial charge in [-0.3, -0.25) is 9.59 Å². The molecule has 1 unspecified atom stereocenters. The maximum absolute atomic E-state index is 11.3. The van der Waals surface area contributed by atoms with Gasteiger partial charge in [-0.05, 0) is 19.3 Å². The second kappa shape index (κ2) is 5.00. The van der Waals surface area contributed by atoms with E-state index in [1.165, 1.54) is 0 Å². The van der Waals surface area contributed by atoms with E-state index in [-0.39, 0.29) is 17.9 Å². The Hall–Kier alpha value is -0.860. The van der Waals surface area contributed by atoms with E-state index in [0.717, 1.165) is 32.1 Å². The molecule has 0 aromatic heterocycles. The SMILES string of the molecule is CCCCC1CCCC(=O)OC1=O. The molecular weight excluding hydrogens is 168 g/mol. The van der Waals surface area contributed by atoms with Gasteiger partial charge in [0, 0.05) is 6.42 Å². The number of cyclic esters (lactones) is 2. The summed E-state index contributed by atoms with van der Waals surface area (Å²) in [6, 6.07) is 0. The van der Waals surface area contributed by atoms with E-state index in [0.29, 0.717) is 6.42 Å². The second-order valence-electron chi connectivity index (χ2n) is 3.52. The third-order valence-electron chi connectivity index (χ3n) is 2.39. The van der Waals surface area contributed by atoms with Gasteiger partial charge in [-0.1, -0.05) is 19.8 Å². The summed E-state index contributed by atoms with van der Waals surface area (Å²) >= 11 is 0. The normalized spacial score (nSPS) is 23.9. The van der Waals surface area contributed by atoms with Crippen LogP contribution in [0.4, 0.5) is 0 Å². The van der Waals surface area contributed by atoms with E-state index >= 15 is 0 Å². The van der Waals surface area contributed by atoms with E-state index in [1.807, 2.05) is 0 Å². The summed E-state index contributed by atoms with van der Waals surface area (Å²) in [5, 5.41) is 0. The standard InChI is InChI=1S/C10H16O3/c1-2-3-5-8-6-4-7-9(11)13-10(8)12/h8H,2-7H2,1H3. The third kappa shape index (κ3) is 3.17. The molecule has 3 nitrogen and oxygen atoms in total. The fraction of sp³-hybridized carbons (Fsp3) is 0.800. The van der Waals surface area contributed by atoms with Crippen LogP contribution in [0.2, 0.25) is 0 Å². The quantitative estimate of drug-likeness (QED) is 0.498.